The Hall–Kier alpha value is -1.62. The number of ether oxygens (including phenoxy) is 1. The third-order valence-electron chi connectivity index (χ3n) is 2.05. The lowest BCUT2D eigenvalue weighted by atomic mass is 10.1. The average molecular weight is 224 g/mol. The smallest absolute Gasteiger partial charge is 0.269 e. The van der Waals surface area contributed by atoms with Gasteiger partial charge in [0.15, 0.2) is 0 Å². The first-order valence-corrected chi connectivity index (χ1v) is 5.11. The summed E-state index contributed by atoms with van der Waals surface area (Å²) in [5.41, 5.74) is 6.93. The molecule has 0 aliphatic heterocycles. The Morgan fingerprint density at radius 2 is 2.19 bits per heavy atom. The molecule has 1 aromatic carbocycles. The Morgan fingerprint density at radius 1 is 1.50 bits per heavy atom. The molecule has 2 N–H and O–H groups in total. The summed E-state index contributed by atoms with van der Waals surface area (Å²) in [5.74, 6) is 0.430. The number of nitro benzene ring substituents is 1. The molecule has 0 heterocycles. The van der Waals surface area contributed by atoms with Crippen molar-refractivity contribution < 1.29 is 9.66 Å². The van der Waals surface area contributed by atoms with Crippen LogP contribution < -0.4 is 5.73 Å². The second-order valence-corrected chi connectivity index (χ2v) is 4.05. The minimum Gasteiger partial charge on any atom is -0.398 e. The Labute approximate surface area is 94.4 Å². The lowest BCUT2D eigenvalue weighted by molar-refractivity contribution is -0.384. The van der Waals surface area contributed by atoms with E-state index >= 15 is 0 Å². The van der Waals surface area contributed by atoms with Crippen molar-refractivity contribution in [2.24, 2.45) is 5.92 Å². The summed E-state index contributed by atoms with van der Waals surface area (Å²) in [7, 11) is 0. The van der Waals surface area contributed by atoms with Crippen molar-refractivity contribution in [2.45, 2.75) is 20.5 Å². The molecule has 0 aromatic heterocycles. The van der Waals surface area contributed by atoms with Crippen molar-refractivity contribution in [3.05, 3.63) is 33.9 Å². The molecule has 0 atom stereocenters. The Balaban J connectivity index is 2.70. The number of non-ortho nitro benzene ring substituents is 1. The van der Waals surface area contributed by atoms with E-state index in [4.69, 9.17) is 10.5 Å². The molecule has 0 aliphatic rings. The largest absolute Gasteiger partial charge is 0.398 e. The van der Waals surface area contributed by atoms with Gasteiger partial charge in [0.05, 0.1) is 11.5 Å². The molecule has 1 aromatic rings. The van der Waals surface area contributed by atoms with Crippen molar-refractivity contribution in [2.75, 3.05) is 12.3 Å². The van der Waals surface area contributed by atoms with E-state index in [0.717, 1.165) is 0 Å². The van der Waals surface area contributed by atoms with Gasteiger partial charge in [-0.15, -0.1) is 0 Å². The first-order chi connectivity index (χ1) is 7.50. The summed E-state index contributed by atoms with van der Waals surface area (Å²) < 4.78 is 5.39. The van der Waals surface area contributed by atoms with Gasteiger partial charge in [0.2, 0.25) is 0 Å². The number of hydrogen-bond donors (Lipinski definition) is 1. The van der Waals surface area contributed by atoms with Gasteiger partial charge in [-0.05, 0) is 12.0 Å². The van der Waals surface area contributed by atoms with Crippen LogP contribution in [0.5, 0.6) is 0 Å². The summed E-state index contributed by atoms with van der Waals surface area (Å²) in [6, 6.07) is 4.38. The van der Waals surface area contributed by atoms with Gasteiger partial charge in [-0.3, -0.25) is 10.1 Å². The summed E-state index contributed by atoms with van der Waals surface area (Å²) >= 11 is 0. The first kappa shape index (κ1) is 12.4. The lowest BCUT2D eigenvalue weighted by Crippen LogP contribution is -2.04. The molecular formula is C11H16N2O3. The van der Waals surface area contributed by atoms with E-state index in [1.165, 1.54) is 18.2 Å². The van der Waals surface area contributed by atoms with Gasteiger partial charge >= 0.3 is 0 Å². The Kier molecular flexibility index (Phi) is 4.25. The number of nitrogen functional groups attached to an aromatic ring is 1. The zero-order valence-corrected chi connectivity index (χ0v) is 9.47. The zero-order valence-electron chi connectivity index (χ0n) is 9.47. The molecule has 0 saturated carbocycles. The monoisotopic (exact) mass is 224 g/mol. The number of nitrogens with zero attached hydrogens (tertiary/aromatic N) is 1. The number of benzene rings is 1. The molecule has 0 radical (unpaired) electrons. The third-order valence-corrected chi connectivity index (χ3v) is 2.05. The van der Waals surface area contributed by atoms with Gasteiger partial charge in [0, 0.05) is 30.0 Å². The first-order valence-electron chi connectivity index (χ1n) is 5.11. The van der Waals surface area contributed by atoms with Gasteiger partial charge in [0.1, 0.15) is 0 Å². The van der Waals surface area contributed by atoms with E-state index in [2.05, 4.69) is 0 Å². The molecule has 0 aliphatic carbocycles. The van der Waals surface area contributed by atoms with Crippen LogP contribution in [0.4, 0.5) is 11.4 Å². The maximum atomic E-state index is 10.6. The molecule has 5 nitrogen and oxygen atoms in total. The fourth-order valence-corrected chi connectivity index (χ4v) is 1.24. The number of nitro groups is 1. The summed E-state index contributed by atoms with van der Waals surface area (Å²) in [5, 5.41) is 10.6. The fraction of sp³-hybridized carbons (Fsp3) is 0.455. The second-order valence-electron chi connectivity index (χ2n) is 4.05. The van der Waals surface area contributed by atoms with Gasteiger partial charge in [-0.2, -0.15) is 0 Å². The number of nitrogens with two attached hydrogens (primary N) is 1. The van der Waals surface area contributed by atoms with Crippen molar-refractivity contribution in [1.82, 2.24) is 0 Å². The van der Waals surface area contributed by atoms with Crippen LogP contribution in [0.25, 0.3) is 0 Å². The van der Waals surface area contributed by atoms with E-state index in [1.807, 2.05) is 13.8 Å². The number of anilines is 1. The molecule has 0 unspecified atom stereocenters. The molecule has 88 valence electrons. The van der Waals surface area contributed by atoms with Crippen LogP contribution in [0.2, 0.25) is 0 Å². The second kappa shape index (κ2) is 5.46. The molecule has 0 saturated heterocycles. The van der Waals surface area contributed by atoms with E-state index in [9.17, 15) is 10.1 Å². The highest BCUT2D eigenvalue weighted by Crippen LogP contribution is 2.20. The van der Waals surface area contributed by atoms with E-state index in [1.54, 1.807) is 0 Å². The van der Waals surface area contributed by atoms with Gasteiger partial charge in [-0.1, -0.05) is 13.8 Å². The number of rotatable bonds is 5. The molecule has 0 spiro atoms. The minimum atomic E-state index is -0.439. The van der Waals surface area contributed by atoms with Crippen LogP contribution in [0.3, 0.4) is 0 Å². The molecule has 0 fully saturated rings. The van der Waals surface area contributed by atoms with Gasteiger partial charge in [-0.25, -0.2) is 0 Å². The van der Waals surface area contributed by atoms with E-state index < -0.39 is 4.92 Å². The van der Waals surface area contributed by atoms with Gasteiger partial charge in [0.25, 0.3) is 5.69 Å². The summed E-state index contributed by atoms with van der Waals surface area (Å²) in [6.45, 7) is 5.00. The van der Waals surface area contributed by atoms with Crippen LogP contribution in [-0.2, 0) is 11.3 Å². The van der Waals surface area contributed by atoms with Crippen LogP contribution in [0, 0.1) is 16.0 Å². The Bertz CT molecular complexity index is 377. The lowest BCUT2D eigenvalue weighted by Gasteiger charge is -2.08. The average Bonchev–Trinajstić information content (AvgIpc) is 2.20. The van der Waals surface area contributed by atoms with Crippen molar-refractivity contribution >= 4 is 11.4 Å². The van der Waals surface area contributed by atoms with Gasteiger partial charge < -0.3 is 10.5 Å². The van der Waals surface area contributed by atoms with Crippen LogP contribution in [0.15, 0.2) is 18.2 Å². The highest BCUT2D eigenvalue weighted by molar-refractivity contribution is 5.52. The summed E-state index contributed by atoms with van der Waals surface area (Å²) in [6.07, 6.45) is 0. The Morgan fingerprint density at radius 3 is 2.75 bits per heavy atom. The van der Waals surface area contributed by atoms with Crippen LogP contribution in [-0.4, -0.2) is 11.5 Å². The number of hydrogen-bond acceptors (Lipinski definition) is 4. The van der Waals surface area contributed by atoms with Crippen LogP contribution in [0.1, 0.15) is 19.4 Å². The molecular weight excluding hydrogens is 208 g/mol. The molecule has 0 bridgehead atoms. The van der Waals surface area contributed by atoms with Crippen molar-refractivity contribution in [3.63, 3.8) is 0 Å². The highest BCUT2D eigenvalue weighted by atomic mass is 16.6. The fourth-order valence-electron chi connectivity index (χ4n) is 1.24. The standard InChI is InChI=1S/C11H16N2O3/c1-8(2)6-16-7-9-5-10(13(14)15)3-4-11(9)12/h3-5,8H,6-7,12H2,1-2H3. The maximum Gasteiger partial charge on any atom is 0.269 e. The molecule has 5 heteroatoms. The quantitative estimate of drug-likeness (QED) is 0.473. The SMILES string of the molecule is CC(C)COCc1cc([N+](=O)[O-])ccc1N. The topological polar surface area (TPSA) is 78.4 Å². The van der Waals surface area contributed by atoms with Crippen molar-refractivity contribution in [1.29, 1.82) is 0 Å². The predicted octanol–water partition coefficient (Wildman–Crippen LogP) is 2.35. The van der Waals surface area contributed by atoms with E-state index in [-0.39, 0.29) is 5.69 Å². The predicted molar refractivity (Wildman–Crippen MR) is 62.0 cm³/mol. The zero-order chi connectivity index (χ0) is 12.1. The molecule has 1 rings (SSSR count). The van der Waals surface area contributed by atoms with E-state index in [0.29, 0.717) is 30.4 Å². The minimum absolute atomic E-state index is 0.0392. The molecule has 0 amide bonds. The normalized spacial score (nSPS) is 10.7. The van der Waals surface area contributed by atoms with Crippen LogP contribution >= 0.6 is 0 Å². The summed E-state index contributed by atoms with van der Waals surface area (Å²) in [4.78, 5) is 10.1. The highest BCUT2D eigenvalue weighted by Gasteiger charge is 2.09. The molecule has 16 heavy (non-hydrogen) atoms. The maximum absolute atomic E-state index is 10.6. The third kappa shape index (κ3) is 3.51. The van der Waals surface area contributed by atoms with Crippen molar-refractivity contribution in [3.8, 4) is 0 Å².